The van der Waals surface area contributed by atoms with E-state index in [0.717, 1.165) is 11.1 Å². The zero-order valence-electron chi connectivity index (χ0n) is 12.8. The monoisotopic (exact) mass is 300 g/mol. The Bertz CT molecular complexity index is 554. The van der Waals surface area contributed by atoms with Gasteiger partial charge >= 0.3 is 0 Å². The average molecular weight is 300 g/mol. The van der Waals surface area contributed by atoms with Gasteiger partial charge in [0, 0.05) is 13.7 Å². The van der Waals surface area contributed by atoms with E-state index in [1.54, 1.807) is 33.9 Å². The van der Waals surface area contributed by atoms with E-state index in [1.165, 1.54) is 0 Å². The highest BCUT2D eigenvalue weighted by Gasteiger charge is 2.27. The number of sulfonamides is 1. The molecule has 0 spiro atoms. The topological polar surface area (TPSA) is 67.4 Å². The first kappa shape index (κ1) is 17.1. The van der Waals surface area contributed by atoms with Gasteiger partial charge in [0.25, 0.3) is 0 Å². The summed E-state index contributed by atoms with van der Waals surface area (Å²) in [4.78, 5) is 0.314. The van der Waals surface area contributed by atoms with Gasteiger partial charge < -0.3 is 10.1 Å². The van der Waals surface area contributed by atoms with E-state index in [2.05, 4.69) is 10.0 Å². The Morgan fingerprint density at radius 3 is 2.50 bits per heavy atom. The van der Waals surface area contributed by atoms with Crippen molar-refractivity contribution in [1.82, 2.24) is 10.0 Å². The van der Waals surface area contributed by atoms with Gasteiger partial charge in [0.2, 0.25) is 10.0 Å². The normalized spacial score (nSPS) is 12.7. The van der Waals surface area contributed by atoms with E-state index in [0.29, 0.717) is 18.0 Å². The number of rotatable bonds is 7. The van der Waals surface area contributed by atoms with E-state index in [1.807, 2.05) is 19.2 Å². The van der Waals surface area contributed by atoms with Crippen molar-refractivity contribution in [1.29, 1.82) is 0 Å². The molecule has 6 heteroatoms. The summed E-state index contributed by atoms with van der Waals surface area (Å²) in [5, 5.41) is 3.02. The Morgan fingerprint density at radius 1 is 1.30 bits per heavy atom. The van der Waals surface area contributed by atoms with Crippen LogP contribution in [0.4, 0.5) is 0 Å². The number of methoxy groups -OCH3 is 1. The summed E-state index contributed by atoms with van der Waals surface area (Å²) in [7, 11) is -0.192. The summed E-state index contributed by atoms with van der Waals surface area (Å²) in [5.41, 5.74) is 1.01. The zero-order valence-corrected chi connectivity index (χ0v) is 13.6. The molecule has 0 aliphatic heterocycles. The van der Waals surface area contributed by atoms with Crippen molar-refractivity contribution in [2.75, 3.05) is 20.8 Å². The molecule has 0 aliphatic rings. The molecule has 2 N–H and O–H groups in total. The van der Waals surface area contributed by atoms with Gasteiger partial charge in [-0.15, -0.1) is 0 Å². The van der Waals surface area contributed by atoms with Crippen molar-refractivity contribution in [2.24, 2.45) is 0 Å². The van der Waals surface area contributed by atoms with Crippen LogP contribution in [-0.4, -0.2) is 34.7 Å². The van der Waals surface area contributed by atoms with Crippen LogP contribution in [0.2, 0.25) is 0 Å². The predicted molar refractivity (Wildman–Crippen MR) is 80.2 cm³/mol. The lowest BCUT2D eigenvalue weighted by atomic mass is 10.1. The summed E-state index contributed by atoms with van der Waals surface area (Å²) in [5.74, 6) is 0. The first-order valence-corrected chi connectivity index (χ1v) is 7.97. The Labute approximate surface area is 121 Å². The Balaban J connectivity index is 3.11. The highest BCUT2D eigenvalue weighted by Crippen LogP contribution is 2.19. The lowest BCUT2D eigenvalue weighted by Crippen LogP contribution is -2.46. The molecule has 0 heterocycles. The minimum absolute atomic E-state index is 0.307. The summed E-state index contributed by atoms with van der Waals surface area (Å²) in [6.07, 6.45) is 0. The molecule has 0 saturated heterocycles. The zero-order chi connectivity index (χ0) is 15.4. The Morgan fingerprint density at radius 2 is 1.95 bits per heavy atom. The van der Waals surface area contributed by atoms with Crippen LogP contribution in [0.25, 0.3) is 0 Å². The Hall–Kier alpha value is -0.950. The molecule has 20 heavy (non-hydrogen) atoms. The predicted octanol–water partition coefficient (Wildman–Crippen LogP) is 1.42. The summed E-state index contributed by atoms with van der Waals surface area (Å²) in [6, 6.07) is 5.45. The van der Waals surface area contributed by atoms with Crippen molar-refractivity contribution in [3.05, 3.63) is 29.3 Å². The Kier molecular flexibility index (Phi) is 5.70. The van der Waals surface area contributed by atoms with Crippen LogP contribution in [0.3, 0.4) is 0 Å². The molecular weight excluding hydrogens is 276 g/mol. The maximum atomic E-state index is 12.5. The number of aryl methyl sites for hydroxylation is 1. The van der Waals surface area contributed by atoms with Gasteiger partial charge in [0.05, 0.1) is 17.0 Å². The lowest BCUT2D eigenvalue weighted by Gasteiger charge is -2.25. The molecule has 1 aromatic carbocycles. The molecule has 0 aromatic heterocycles. The van der Waals surface area contributed by atoms with Crippen molar-refractivity contribution in [3.63, 3.8) is 0 Å². The molecule has 0 bridgehead atoms. The van der Waals surface area contributed by atoms with Crippen molar-refractivity contribution in [3.8, 4) is 0 Å². The minimum atomic E-state index is -3.57. The maximum Gasteiger partial charge on any atom is 0.241 e. The highest BCUT2D eigenvalue weighted by atomic mass is 32.2. The molecule has 0 amide bonds. The summed E-state index contributed by atoms with van der Waals surface area (Å²) in [6.45, 7) is 6.31. The standard InChI is InChI=1S/C14H24N2O3S/c1-11-6-7-12(9-15-4)8-13(11)20(17,18)16-14(2,3)10-19-5/h6-8,15-16H,9-10H2,1-5H3. The fraction of sp³-hybridized carbons (Fsp3) is 0.571. The second-order valence-corrected chi connectivity index (χ2v) is 7.20. The fourth-order valence-corrected chi connectivity index (χ4v) is 3.75. The lowest BCUT2D eigenvalue weighted by molar-refractivity contribution is 0.141. The third-order valence-corrected chi connectivity index (χ3v) is 4.68. The van der Waals surface area contributed by atoms with Crippen molar-refractivity contribution in [2.45, 2.75) is 37.8 Å². The van der Waals surface area contributed by atoms with Crippen LogP contribution in [0.5, 0.6) is 0 Å². The second kappa shape index (κ2) is 6.67. The highest BCUT2D eigenvalue weighted by molar-refractivity contribution is 7.89. The smallest absolute Gasteiger partial charge is 0.241 e. The maximum absolute atomic E-state index is 12.5. The molecule has 1 rings (SSSR count). The van der Waals surface area contributed by atoms with Gasteiger partial charge in [-0.1, -0.05) is 12.1 Å². The van der Waals surface area contributed by atoms with Crippen LogP contribution in [0, 0.1) is 6.92 Å². The van der Waals surface area contributed by atoms with E-state index in [4.69, 9.17) is 4.74 Å². The number of nitrogens with one attached hydrogen (secondary N) is 2. The minimum Gasteiger partial charge on any atom is -0.383 e. The molecule has 0 fully saturated rings. The van der Waals surface area contributed by atoms with E-state index < -0.39 is 15.6 Å². The number of benzene rings is 1. The van der Waals surface area contributed by atoms with E-state index >= 15 is 0 Å². The van der Waals surface area contributed by atoms with Crippen LogP contribution in [0.1, 0.15) is 25.0 Å². The van der Waals surface area contributed by atoms with Crippen LogP contribution in [0.15, 0.2) is 23.1 Å². The molecule has 5 nitrogen and oxygen atoms in total. The molecular formula is C14H24N2O3S. The van der Waals surface area contributed by atoms with Crippen molar-refractivity contribution < 1.29 is 13.2 Å². The molecule has 0 aliphatic carbocycles. The van der Waals surface area contributed by atoms with Gasteiger partial charge in [-0.25, -0.2) is 13.1 Å². The largest absolute Gasteiger partial charge is 0.383 e. The van der Waals surface area contributed by atoms with Crippen LogP contribution >= 0.6 is 0 Å². The van der Waals surface area contributed by atoms with Crippen molar-refractivity contribution >= 4 is 10.0 Å². The summed E-state index contributed by atoms with van der Waals surface area (Å²) >= 11 is 0. The van der Waals surface area contributed by atoms with Gasteiger partial charge in [-0.3, -0.25) is 0 Å². The van der Waals surface area contributed by atoms with Gasteiger partial charge in [0.15, 0.2) is 0 Å². The van der Waals surface area contributed by atoms with E-state index in [9.17, 15) is 8.42 Å². The SMILES string of the molecule is CNCc1ccc(C)c(S(=O)(=O)NC(C)(C)COC)c1. The van der Waals surface area contributed by atoms with Crippen LogP contribution in [-0.2, 0) is 21.3 Å². The number of ether oxygens (including phenoxy) is 1. The van der Waals surface area contributed by atoms with Gasteiger partial charge in [0.1, 0.15) is 0 Å². The molecule has 0 saturated carbocycles. The van der Waals surface area contributed by atoms with Gasteiger partial charge in [-0.05, 0) is 45.0 Å². The van der Waals surface area contributed by atoms with Crippen LogP contribution < -0.4 is 10.0 Å². The third-order valence-electron chi connectivity index (χ3n) is 2.84. The first-order chi connectivity index (χ1) is 9.22. The second-order valence-electron chi connectivity index (χ2n) is 5.55. The van der Waals surface area contributed by atoms with Gasteiger partial charge in [-0.2, -0.15) is 0 Å². The quantitative estimate of drug-likeness (QED) is 0.799. The average Bonchev–Trinajstić information content (AvgIpc) is 2.30. The molecule has 0 unspecified atom stereocenters. The summed E-state index contributed by atoms with van der Waals surface area (Å²) < 4.78 is 32.8. The fourth-order valence-electron chi connectivity index (χ4n) is 2.06. The number of hydrogen-bond donors (Lipinski definition) is 2. The molecule has 0 atom stereocenters. The third kappa shape index (κ3) is 4.56. The first-order valence-electron chi connectivity index (χ1n) is 6.49. The molecule has 114 valence electrons. The number of hydrogen-bond acceptors (Lipinski definition) is 4. The molecule has 0 radical (unpaired) electrons. The van der Waals surface area contributed by atoms with E-state index in [-0.39, 0.29) is 0 Å². The molecule has 1 aromatic rings.